The van der Waals surface area contributed by atoms with E-state index in [0.717, 1.165) is 17.7 Å². The topological polar surface area (TPSA) is 35.2 Å². The minimum atomic E-state index is -0.234. The maximum absolute atomic E-state index is 13.2. The quantitative estimate of drug-likeness (QED) is 0.811. The molecule has 3 rings (SSSR count). The number of fused-ring (bicyclic) bond motifs is 1. The summed E-state index contributed by atoms with van der Waals surface area (Å²) >= 11 is 0. The van der Waals surface area contributed by atoms with E-state index in [4.69, 9.17) is 10.5 Å². The van der Waals surface area contributed by atoms with Gasteiger partial charge in [0.2, 0.25) is 0 Å². The monoisotopic (exact) mass is 235 g/mol. The molecule has 17 heavy (non-hydrogen) atoms. The average molecular weight is 235 g/mol. The zero-order valence-electron chi connectivity index (χ0n) is 9.86. The Labute approximate surface area is 101 Å². The highest BCUT2D eigenvalue weighted by molar-refractivity contribution is 5.38. The van der Waals surface area contributed by atoms with Crippen LogP contribution in [0.5, 0.6) is 5.75 Å². The third-order valence-electron chi connectivity index (χ3n) is 4.06. The highest BCUT2D eigenvalue weighted by Gasteiger charge is 2.33. The summed E-state index contributed by atoms with van der Waals surface area (Å²) in [6.07, 6.45) is 6.14. The molecule has 1 aliphatic heterocycles. The lowest BCUT2D eigenvalue weighted by Gasteiger charge is -2.33. The van der Waals surface area contributed by atoms with Gasteiger partial charge in [-0.3, -0.25) is 0 Å². The van der Waals surface area contributed by atoms with Crippen molar-refractivity contribution in [3.63, 3.8) is 0 Å². The summed E-state index contributed by atoms with van der Waals surface area (Å²) in [4.78, 5) is 0. The molecular weight excluding hydrogens is 217 g/mol. The largest absolute Gasteiger partial charge is 0.490 e. The summed E-state index contributed by atoms with van der Waals surface area (Å²) < 4.78 is 19.1. The van der Waals surface area contributed by atoms with E-state index in [0.29, 0.717) is 5.92 Å². The van der Waals surface area contributed by atoms with Gasteiger partial charge in [0.05, 0.1) is 0 Å². The molecule has 3 heteroatoms. The van der Waals surface area contributed by atoms with Gasteiger partial charge >= 0.3 is 0 Å². The van der Waals surface area contributed by atoms with E-state index in [-0.39, 0.29) is 18.0 Å². The maximum Gasteiger partial charge on any atom is 0.124 e. The molecule has 0 spiro atoms. The van der Waals surface area contributed by atoms with Gasteiger partial charge in [-0.2, -0.15) is 0 Å². The molecule has 2 N–H and O–H groups in total. The molecule has 2 unspecified atom stereocenters. The Morgan fingerprint density at radius 1 is 1.24 bits per heavy atom. The Kier molecular flexibility index (Phi) is 2.79. The Bertz CT molecular complexity index is 415. The number of benzene rings is 1. The van der Waals surface area contributed by atoms with E-state index >= 15 is 0 Å². The van der Waals surface area contributed by atoms with Gasteiger partial charge in [-0.05, 0) is 37.0 Å². The average Bonchev–Trinajstić information content (AvgIpc) is 2.83. The van der Waals surface area contributed by atoms with Crippen LogP contribution in [0.3, 0.4) is 0 Å². The summed E-state index contributed by atoms with van der Waals surface area (Å²) in [7, 11) is 0. The summed E-state index contributed by atoms with van der Waals surface area (Å²) in [5.41, 5.74) is 6.95. The second-order valence-electron chi connectivity index (χ2n) is 5.23. The summed E-state index contributed by atoms with van der Waals surface area (Å²) in [5.74, 6) is 1.18. The van der Waals surface area contributed by atoms with Crippen LogP contribution in [0.4, 0.5) is 4.39 Å². The molecule has 0 amide bonds. The Morgan fingerprint density at radius 3 is 2.76 bits per heavy atom. The first-order valence-electron chi connectivity index (χ1n) is 6.46. The molecule has 1 heterocycles. The fraction of sp³-hybridized carbons (Fsp3) is 0.571. The minimum Gasteiger partial charge on any atom is -0.490 e. The van der Waals surface area contributed by atoms with E-state index in [1.165, 1.54) is 37.8 Å². The van der Waals surface area contributed by atoms with Gasteiger partial charge in [0.25, 0.3) is 0 Å². The number of hydrogen-bond donors (Lipinski definition) is 1. The normalized spacial score (nSPS) is 28.8. The van der Waals surface area contributed by atoms with Crippen molar-refractivity contribution in [2.45, 2.75) is 44.2 Å². The SMILES string of the molecule is NC1CC(C2CCCC2)Oc2ccc(F)cc21. The molecular formula is C14H18FNO. The van der Waals surface area contributed by atoms with Crippen molar-refractivity contribution in [2.24, 2.45) is 11.7 Å². The van der Waals surface area contributed by atoms with E-state index in [1.54, 1.807) is 6.07 Å². The van der Waals surface area contributed by atoms with Crippen LogP contribution in [0, 0.1) is 11.7 Å². The maximum atomic E-state index is 13.2. The number of nitrogens with two attached hydrogens (primary N) is 1. The van der Waals surface area contributed by atoms with Crippen LogP contribution in [0.25, 0.3) is 0 Å². The second kappa shape index (κ2) is 4.30. The molecule has 2 atom stereocenters. The van der Waals surface area contributed by atoms with Crippen molar-refractivity contribution in [2.75, 3.05) is 0 Å². The molecule has 0 radical (unpaired) electrons. The van der Waals surface area contributed by atoms with Gasteiger partial charge in [-0.25, -0.2) is 4.39 Å². The fourth-order valence-corrected chi connectivity index (χ4v) is 3.12. The number of ether oxygens (including phenoxy) is 1. The van der Waals surface area contributed by atoms with Crippen molar-refractivity contribution in [3.05, 3.63) is 29.6 Å². The van der Waals surface area contributed by atoms with Gasteiger partial charge in [0, 0.05) is 18.0 Å². The molecule has 0 saturated heterocycles. The Balaban J connectivity index is 1.84. The predicted molar refractivity (Wildman–Crippen MR) is 64.3 cm³/mol. The van der Waals surface area contributed by atoms with Crippen molar-refractivity contribution in [3.8, 4) is 5.75 Å². The van der Waals surface area contributed by atoms with E-state index in [1.807, 2.05) is 0 Å². The third-order valence-corrected chi connectivity index (χ3v) is 4.06. The molecule has 2 aliphatic rings. The van der Waals surface area contributed by atoms with E-state index in [9.17, 15) is 4.39 Å². The first-order valence-corrected chi connectivity index (χ1v) is 6.46. The van der Waals surface area contributed by atoms with E-state index < -0.39 is 0 Å². The molecule has 0 bridgehead atoms. The number of rotatable bonds is 1. The minimum absolute atomic E-state index is 0.0833. The van der Waals surface area contributed by atoms with Crippen molar-refractivity contribution in [1.82, 2.24) is 0 Å². The lowest BCUT2D eigenvalue weighted by Crippen LogP contribution is -2.34. The van der Waals surface area contributed by atoms with Gasteiger partial charge in [0.1, 0.15) is 17.7 Å². The molecule has 1 aromatic carbocycles. The lowest BCUT2D eigenvalue weighted by atomic mass is 9.89. The Hall–Kier alpha value is -1.09. The lowest BCUT2D eigenvalue weighted by molar-refractivity contribution is 0.101. The van der Waals surface area contributed by atoms with Crippen LogP contribution in [0.2, 0.25) is 0 Å². The molecule has 1 aromatic rings. The van der Waals surface area contributed by atoms with Crippen LogP contribution in [0.1, 0.15) is 43.7 Å². The van der Waals surface area contributed by atoms with Crippen LogP contribution in [-0.4, -0.2) is 6.10 Å². The molecule has 92 valence electrons. The molecule has 1 fully saturated rings. The number of halogens is 1. The van der Waals surface area contributed by atoms with Crippen LogP contribution >= 0.6 is 0 Å². The second-order valence-corrected chi connectivity index (χ2v) is 5.23. The standard InChI is InChI=1S/C14H18FNO/c15-10-5-6-13-11(7-10)12(16)8-14(17-13)9-3-1-2-4-9/h5-7,9,12,14H,1-4,8,16H2. The summed E-state index contributed by atoms with van der Waals surface area (Å²) in [5, 5.41) is 0. The van der Waals surface area contributed by atoms with Crippen molar-refractivity contribution in [1.29, 1.82) is 0 Å². The predicted octanol–water partition coefficient (Wildman–Crippen LogP) is 3.17. The van der Waals surface area contributed by atoms with Crippen LogP contribution < -0.4 is 10.5 Å². The van der Waals surface area contributed by atoms with Crippen molar-refractivity contribution >= 4 is 0 Å². The third kappa shape index (κ3) is 2.04. The molecule has 1 aliphatic carbocycles. The molecule has 2 nitrogen and oxygen atoms in total. The van der Waals surface area contributed by atoms with Gasteiger partial charge in [0.15, 0.2) is 0 Å². The molecule has 1 saturated carbocycles. The zero-order chi connectivity index (χ0) is 11.8. The first kappa shape index (κ1) is 11.0. The summed E-state index contributed by atoms with van der Waals surface area (Å²) in [6, 6.07) is 4.58. The van der Waals surface area contributed by atoms with Gasteiger partial charge in [-0.15, -0.1) is 0 Å². The zero-order valence-corrected chi connectivity index (χ0v) is 9.86. The Morgan fingerprint density at radius 2 is 2.00 bits per heavy atom. The van der Waals surface area contributed by atoms with Crippen molar-refractivity contribution < 1.29 is 9.13 Å². The number of hydrogen-bond acceptors (Lipinski definition) is 2. The fourth-order valence-electron chi connectivity index (χ4n) is 3.12. The molecule has 0 aromatic heterocycles. The van der Waals surface area contributed by atoms with Gasteiger partial charge < -0.3 is 10.5 Å². The van der Waals surface area contributed by atoms with Crippen LogP contribution in [0.15, 0.2) is 18.2 Å². The smallest absolute Gasteiger partial charge is 0.124 e. The van der Waals surface area contributed by atoms with E-state index in [2.05, 4.69) is 0 Å². The highest BCUT2D eigenvalue weighted by Crippen LogP contribution is 2.40. The van der Waals surface area contributed by atoms with Gasteiger partial charge in [-0.1, -0.05) is 12.8 Å². The summed E-state index contributed by atoms with van der Waals surface area (Å²) in [6.45, 7) is 0. The highest BCUT2D eigenvalue weighted by atomic mass is 19.1. The first-order chi connectivity index (χ1) is 8.24. The van der Waals surface area contributed by atoms with Crippen LogP contribution in [-0.2, 0) is 0 Å².